The Morgan fingerprint density at radius 3 is 2.64 bits per heavy atom. The van der Waals surface area contributed by atoms with Crippen LogP contribution in [0.3, 0.4) is 0 Å². The van der Waals surface area contributed by atoms with Crippen LogP contribution in [0, 0.1) is 0 Å². The second-order valence-corrected chi connectivity index (χ2v) is 6.76. The van der Waals surface area contributed by atoms with E-state index >= 15 is 0 Å². The zero-order chi connectivity index (χ0) is 17.6. The van der Waals surface area contributed by atoms with Gasteiger partial charge in [0.2, 0.25) is 5.95 Å². The summed E-state index contributed by atoms with van der Waals surface area (Å²) in [7, 11) is 4.09. The number of anilines is 3. The highest BCUT2D eigenvalue weighted by molar-refractivity contribution is 6.30. The largest absolute Gasteiger partial charge is 0.368 e. The Morgan fingerprint density at radius 1 is 1.16 bits per heavy atom. The van der Waals surface area contributed by atoms with Gasteiger partial charge in [-0.1, -0.05) is 17.7 Å². The lowest BCUT2D eigenvalue weighted by Gasteiger charge is -2.36. The number of piperazine rings is 1. The average molecular weight is 362 g/mol. The van der Waals surface area contributed by atoms with Gasteiger partial charge in [0.25, 0.3) is 0 Å². The van der Waals surface area contributed by atoms with Crippen LogP contribution in [0.2, 0.25) is 5.02 Å². The van der Waals surface area contributed by atoms with Gasteiger partial charge < -0.3 is 20.0 Å². The summed E-state index contributed by atoms with van der Waals surface area (Å²) >= 11 is 6.09. The van der Waals surface area contributed by atoms with Gasteiger partial charge in [-0.05, 0) is 32.3 Å². The molecule has 0 radical (unpaired) electrons. The van der Waals surface area contributed by atoms with Crippen LogP contribution in [0.5, 0.6) is 0 Å². The molecule has 1 aliphatic heterocycles. The molecule has 0 spiro atoms. The van der Waals surface area contributed by atoms with Gasteiger partial charge in [-0.3, -0.25) is 0 Å². The normalized spacial score (nSPS) is 14.9. The fourth-order valence-corrected chi connectivity index (χ4v) is 2.94. The molecule has 134 valence electrons. The van der Waals surface area contributed by atoms with Crippen LogP contribution < -0.4 is 15.1 Å². The van der Waals surface area contributed by atoms with Gasteiger partial charge in [0.05, 0.1) is 6.20 Å². The Kier molecular flexibility index (Phi) is 5.88. The quantitative estimate of drug-likeness (QED) is 0.842. The van der Waals surface area contributed by atoms with Gasteiger partial charge in [0, 0.05) is 50.0 Å². The number of hydrogen-bond acceptors (Lipinski definition) is 7. The van der Waals surface area contributed by atoms with Crippen molar-refractivity contribution in [2.75, 3.05) is 68.5 Å². The van der Waals surface area contributed by atoms with E-state index in [9.17, 15) is 0 Å². The number of benzene rings is 1. The zero-order valence-electron chi connectivity index (χ0n) is 14.7. The van der Waals surface area contributed by atoms with Crippen LogP contribution in [-0.4, -0.2) is 73.4 Å². The predicted molar refractivity (Wildman–Crippen MR) is 103 cm³/mol. The van der Waals surface area contributed by atoms with Gasteiger partial charge in [0.1, 0.15) is 0 Å². The topological polar surface area (TPSA) is 60.4 Å². The van der Waals surface area contributed by atoms with Crippen molar-refractivity contribution in [3.8, 4) is 0 Å². The number of hydrogen-bond donors (Lipinski definition) is 1. The molecule has 0 aliphatic carbocycles. The summed E-state index contributed by atoms with van der Waals surface area (Å²) in [5, 5.41) is 12.3. The molecule has 1 fully saturated rings. The Balaban J connectivity index is 1.57. The second-order valence-electron chi connectivity index (χ2n) is 6.33. The molecular formula is C17H24ClN7. The first-order chi connectivity index (χ1) is 12.1. The van der Waals surface area contributed by atoms with Crippen molar-refractivity contribution >= 4 is 29.1 Å². The van der Waals surface area contributed by atoms with E-state index in [-0.39, 0.29) is 0 Å². The summed E-state index contributed by atoms with van der Waals surface area (Å²) in [5.41, 5.74) is 1.16. The molecule has 0 atom stereocenters. The Morgan fingerprint density at radius 2 is 1.92 bits per heavy atom. The maximum Gasteiger partial charge on any atom is 0.247 e. The molecule has 8 heteroatoms. The monoisotopic (exact) mass is 361 g/mol. The highest BCUT2D eigenvalue weighted by atomic mass is 35.5. The number of likely N-dealkylation sites (N-methyl/N-ethyl adjacent to an activating group) is 1. The highest BCUT2D eigenvalue weighted by Gasteiger charge is 2.20. The number of nitrogens with zero attached hydrogens (tertiary/aromatic N) is 6. The molecule has 1 N–H and O–H groups in total. The van der Waals surface area contributed by atoms with E-state index in [1.165, 1.54) is 0 Å². The van der Waals surface area contributed by atoms with Crippen molar-refractivity contribution < 1.29 is 0 Å². The third-order valence-corrected chi connectivity index (χ3v) is 4.38. The number of aromatic nitrogens is 3. The van der Waals surface area contributed by atoms with E-state index in [1.54, 1.807) is 6.20 Å². The fraction of sp³-hybridized carbons (Fsp3) is 0.471. The van der Waals surface area contributed by atoms with Gasteiger partial charge in [-0.25, -0.2) is 0 Å². The van der Waals surface area contributed by atoms with Crippen molar-refractivity contribution in [3.05, 3.63) is 35.5 Å². The van der Waals surface area contributed by atoms with Gasteiger partial charge in [0.15, 0.2) is 5.82 Å². The third kappa shape index (κ3) is 4.93. The van der Waals surface area contributed by atoms with Crippen molar-refractivity contribution in [3.63, 3.8) is 0 Å². The lowest BCUT2D eigenvalue weighted by Crippen LogP contribution is -2.47. The lowest BCUT2D eigenvalue weighted by molar-refractivity contribution is 0.425. The molecule has 2 aromatic rings. The Labute approximate surface area is 153 Å². The van der Waals surface area contributed by atoms with Crippen LogP contribution in [0.15, 0.2) is 30.5 Å². The van der Waals surface area contributed by atoms with Crippen molar-refractivity contribution in [2.24, 2.45) is 0 Å². The first-order valence-corrected chi connectivity index (χ1v) is 8.83. The van der Waals surface area contributed by atoms with Crippen molar-refractivity contribution in [2.45, 2.75) is 0 Å². The molecule has 1 aromatic carbocycles. The van der Waals surface area contributed by atoms with Gasteiger partial charge >= 0.3 is 0 Å². The summed E-state index contributed by atoms with van der Waals surface area (Å²) < 4.78 is 0. The minimum absolute atomic E-state index is 0.681. The summed E-state index contributed by atoms with van der Waals surface area (Å²) in [6.45, 7) is 5.29. The molecule has 0 unspecified atom stereocenters. The molecule has 0 saturated carbocycles. The molecule has 0 amide bonds. The molecule has 25 heavy (non-hydrogen) atoms. The van der Waals surface area contributed by atoms with Crippen LogP contribution >= 0.6 is 11.6 Å². The second kappa shape index (κ2) is 8.31. The van der Waals surface area contributed by atoms with Gasteiger partial charge in [-0.15, -0.1) is 5.10 Å². The van der Waals surface area contributed by atoms with E-state index in [1.807, 2.05) is 32.3 Å². The predicted octanol–water partition coefficient (Wildman–Crippen LogP) is 1.83. The van der Waals surface area contributed by atoms with Crippen LogP contribution in [0.25, 0.3) is 0 Å². The van der Waals surface area contributed by atoms with E-state index < -0.39 is 0 Å². The van der Waals surface area contributed by atoms with E-state index in [4.69, 9.17) is 11.6 Å². The molecule has 1 aromatic heterocycles. The average Bonchev–Trinajstić information content (AvgIpc) is 2.62. The zero-order valence-corrected chi connectivity index (χ0v) is 15.4. The summed E-state index contributed by atoms with van der Waals surface area (Å²) in [4.78, 5) is 11.2. The minimum Gasteiger partial charge on any atom is -0.368 e. The molecular weight excluding hydrogens is 338 g/mol. The van der Waals surface area contributed by atoms with Crippen LogP contribution in [-0.2, 0) is 0 Å². The summed E-state index contributed by atoms with van der Waals surface area (Å²) in [6.07, 6.45) is 1.67. The van der Waals surface area contributed by atoms with Crippen molar-refractivity contribution in [1.82, 2.24) is 20.1 Å². The lowest BCUT2D eigenvalue weighted by atomic mass is 10.2. The van der Waals surface area contributed by atoms with Crippen molar-refractivity contribution in [1.29, 1.82) is 0 Å². The molecule has 1 aliphatic rings. The minimum atomic E-state index is 0.681. The standard InChI is InChI=1S/C17H24ClN7/c1-23(2)7-6-19-16-13-20-22-17(21-16)25-10-8-24(9-11-25)15-5-3-4-14(18)12-15/h3-5,12-13H,6-11H2,1-2H3,(H,19,21,22). The maximum absolute atomic E-state index is 6.09. The number of halogens is 1. The van der Waals surface area contributed by atoms with E-state index in [0.717, 1.165) is 55.8 Å². The number of nitrogens with one attached hydrogen (secondary N) is 1. The summed E-state index contributed by atoms with van der Waals surface area (Å²) in [6, 6.07) is 7.98. The fourth-order valence-electron chi connectivity index (χ4n) is 2.76. The molecule has 1 saturated heterocycles. The molecule has 2 heterocycles. The van der Waals surface area contributed by atoms with Crippen LogP contribution in [0.1, 0.15) is 0 Å². The third-order valence-electron chi connectivity index (χ3n) is 4.15. The Hall–Kier alpha value is -2.12. The molecule has 0 bridgehead atoms. The van der Waals surface area contributed by atoms with Crippen LogP contribution in [0.4, 0.5) is 17.5 Å². The smallest absolute Gasteiger partial charge is 0.247 e. The van der Waals surface area contributed by atoms with E-state index in [2.05, 4.69) is 41.3 Å². The maximum atomic E-state index is 6.09. The Bertz CT molecular complexity index is 686. The summed E-state index contributed by atoms with van der Waals surface area (Å²) in [5.74, 6) is 1.45. The highest BCUT2D eigenvalue weighted by Crippen LogP contribution is 2.21. The number of rotatable bonds is 6. The van der Waals surface area contributed by atoms with E-state index in [0.29, 0.717) is 5.95 Å². The first kappa shape index (κ1) is 17.7. The molecule has 7 nitrogen and oxygen atoms in total. The van der Waals surface area contributed by atoms with Gasteiger partial charge in [-0.2, -0.15) is 10.1 Å². The SMILES string of the molecule is CN(C)CCNc1cnnc(N2CCN(c3cccc(Cl)c3)CC2)n1. The molecule has 3 rings (SSSR count). The first-order valence-electron chi connectivity index (χ1n) is 8.45.